The number of amides is 1. The van der Waals surface area contributed by atoms with Gasteiger partial charge in [0.1, 0.15) is 5.75 Å². The topological polar surface area (TPSA) is 162 Å². The van der Waals surface area contributed by atoms with Gasteiger partial charge in [0.05, 0.1) is 17.5 Å². The maximum atomic E-state index is 14.0. The molecule has 0 aliphatic heterocycles. The second-order valence-corrected chi connectivity index (χ2v) is 12.4. The maximum absolute atomic E-state index is 14.0. The summed E-state index contributed by atoms with van der Waals surface area (Å²) in [5.74, 6) is -10.3. The third-order valence-corrected chi connectivity index (χ3v) is 9.68. The van der Waals surface area contributed by atoms with E-state index in [4.69, 9.17) is 5.73 Å². The van der Waals surface area contributed by atoms with Crippen molar-refractivity contribution in [3.63, 3.8) is 0 Å². The van der Waals surface area contributed by atoms with Crippen molar-refractivity contribution in [3.8, 4) is 5.75 Å². The first-order valence-corrected chi connectivity index (χ1v) is 13.8. The first kappa shape index (κ1) is 28.4. The number of Topliss-reactive ketones (excluding diaryl/α,β-unsaturated/α-hetero) is 4. The van der Waals surface area contributed by atoms with Gasteiger partial charge in [-0.15, -0.1) is 0 Å². The number of aromatic hydroxyl groups is 1. The number of hydrogen-bond donors (Lipinski definition) is 3. The molecule has 2 unspecified atom stereocenters. The number of rotatable bonds is 6. The number of nitrogens with zero attached hydrogens (tertiary/aromatic N) is 3. The van der Waals surface area contributed by atoms with Gasteiger partial charge in [0, 0.05) is 38.3 Å². The molecule has 0 aromatic heterocycles. The van der Waals surface area contributed by atoms with E-state index in [9.17, 15) is 34.2 Å². The van der Waals surface area contributed by atoms with Crippen LogP contribution in [-0.2, 0) is 32.1 Å². The lowest BCUT2D eigenvalue weighted by Crippen LogP contribution is -2.74. The summed E-state index contributed by atoms with van der Waals surface area (Å²) in [7, 11) is 8.92. The molecule has 0 bridgehead atoms. The first-order valence-electron chi connectivity index (χ1n) is 13.8. The van der Waals surface area contributed by atoms with E-state index in [-0.39, 0.29) is 24.2 Å². The lowest BCUT2D eigenvalue weighted by atomic mass is 9.52. The highest BCUT2D eigenvalue weighted by molar-refractivity contribution is 6.32. The number of fused-ring (bicyclic) bond motifs is 3. The van der Waals surface area contributed by atoms with Gasteiger partial charge in [-0.2, -0.15) is 0 Å². The van der Waals surface area contributed by atoms with Crippen LogP contribution in [0.15, 0.2) is 6.07 Å². The Bertz CT molecular complexity index is 1320. The van der Waals surface area contributed by atoms with Gasteiger partial charge in [0.15, 0.2) is 34.7 Å². The number of nitrogens with two attached hydrogens (primary N) is 1. The fourth-order valence-corrected chi connectivity index (χ4v) is 7.63. The zero-order chi connectivity index (χ0) is 29.4. The van der Waals surface area contributed by atoms with Crippen molar-refractivity contribution in [1.29, 1.82) is 0 Å². The molecule has 4 N–H and O–H groups in total. The Morgan fingerprint density at radius 2 is 1.73 bits per heavy atom. The fraction of sp³-hybridized carbons (Fsp3) is 0.621. The highest BCUT2D eigenvalue weighted by Crippen LogP contribution is 2.52. The molecular weight excluding hydrogens is 516 g/mol. The molecule has 11 nitrogen and oxygen atoms in total. The molecule has 3 fully saturated rings. The minimum absolute atomic E-state index is 0.0188. The number of anilines is 1. The average molecular weight is 555 g/mol. The number of phenols is 1. The normalized spacial score (nSPS) is 32.0. The zero-order valence-electron chi connectivity index (χ0n) is 23.6. The first-order chi connectivity index (χ1) is 18.7. The molecule has 1 aromatic rings. The number of benzene rings is 1. The lowest BCUT2D eigenvalue weighted by molar-refractivity contribution is -0.181. The molecule has 4 aliphatic carbocycles. The van der Waals surface area contributed by atoms with Gasteiger partial charge in [-0.05, 0) is 69.9 Å². The van der Waals surface area contributed by atoms with E-state index < -0.39 is 64.4 Å². The third-order valence-electron chi connectivity index (χ3n) is 9.68. The number of phenolic OH excluding ortho intramolecular Hbond substituents is 1. The van der Waals surface area contributed by atoms with Gasteiger partial charge in [-0.1, -0.05) is 6.42 Å². The van der Waals surface area contributed by atoms with Crippen molar-refractivity contribution in [2.45, 2.75) is 56.3 Å². The van der Waals surface area contributed by atoms with Gasteiger partial charge in [-0.25, -0.2) is 0 Å². The second-order valence-electron chi connectivity index (χ2n) is 12.4. The van der Waals surface area contributed by atoms with Crippen LogP contribution in [0.3, 0.4) is 0 Å². The summed E-state index contributed by atoms with van der Waals surface area (Å²) in [5.41, 5.74) is 4.95. The summed E-state index contributed by atoms with van der Waals surface area (Å²) in [5, 5.41) is 22.8. The fourth-order valence-electron chi connectivity index (χ4n) is 7.63. The van der Waals surface area contributed by atoms with Crippen LogP contribution in [0.2, 0.25) is 0 Å². The molecule has 3 saturated carbocycles. The van der Waals surface area contributed by atoms with E-state index in [0.29, 0.717) is 18.2 Å². The maximum Gasteiger partial charge on any atom is 0.235 e. The number of carbonyl (C=O) groups is 5. The number of hydrogen-bond acceptors (Lipinski definition) is 10. The smallest absolute Gasteiger partial charge is 0.235 e. The van der Waals surface area contributed by atoms with E-state index in [1.165, 1.54) is 11.3 Å². The van der Waals surface area contributed by atoms with E-state index in [1.807, 2.05) is 26.0 Å². The van der Waals surface area contributed by atoms with Gasteiger partial charge in [0.25, 0.3) is 0 Å². The molecular formula is C29H38N4O7. The second kappa shape index (κ2) is 9.74. The predicted octanol–water partition coefficient (Wildman–Crippen LogP) is -0.0827. The Morgan fingerprint density at radius 3 is 2.25 bits per heavy atom. The number of likely N-dealkylation sites (N-methyl/N-ethyl adjacent to an activating group) is 1. The average Bonchev–Trinajstić information content (AvgIpc) is 2.79. The minimum atomic E-state index is -2.72. The summed E-state index contributed by atoms with van der Waals surface area (Å²) in [6.45, 7) is 0.572. The Hall–Kier alpha value is -3.15. The molecule has 1 aromatic carbocycles. The van der Waals surface area contributed by atoms with E-state index >= 15 is 0 Å². The van der Waals surface area contributed by atoms with Crippen LogP contribution in [0, 0.1) is 23.7 Å². The van der Waals surface area contributed by atoms with Crippen LogP contribution in [0.5, 0.6) is 5.75 Å². The summed E-state index contributed by atoms with van der Waals surface area (Å²) in [4.78, 5) is 72.4. The molecule has 4 aliphatic rings. The van der Waals surface area contributed by atoms with Crippen molar-refractivity contribution >= 4 is 34.7 Å². The third kappa shape index (κ3) is 3.93. The van der Waals surface area contributed by atoms with E-state index in [1.54, 1.807) is 20.2 Å². The number of aliphatic hydroxyl groups is 1. The van der Waals surface area contributed by atoms with Crippen molar-refractivity contribution in [2.75, 3.05) is 40.1 Å². The van der Waals surface area contributed by atoms with Crippen LogP contribution in [0.1, 0.15) is 47.2 Å². The van der Waals surface area contributed by atoms with Gasteiger partial charge >= 0.3 is 0 Å². The standard InChI is InChI=1S/C29H38N4O7/c1-31(2)22-14(12-33(5)15-7-6-8-15)11-18(34)20-16(22)9-13-10-17-23(32(3)4)25(36)21(28(30)39)27(38)29(17,40)26(37)19(13)24(20)35/h11,13,15,17,19,21,23,34,40H,6-10,12H2,1-5H3,(H2,30,39)/t13-,17-,19?,21?,23-,29-/m0/s1. The van der Waals surface area contributed by atoms with Crippen molar-refractivity contribution < 1.29 is 34.2 Å². The molecule has 6 atom stereocenters. The SMILES string of the molecule is CN(C)c1c(CN(C)C2CCC2)cc(O)c2c1C[C@H]1C[C@H]3[C@H](N(C)C)C(=O)C(C(N)=O)C(=O)[C@@]3(O)C(=O)C1C2=O. The minimum Gasteiger partial charge on any atom is -0.507 e. The van der Waals surface area contributed by atoms with Crippen LogP contribution in [-0.4, -0.2) is 102 Å². The van der Waals surface area contributed by atoms with Crippen LogP contribution < -0.4 is 10.6 Å². The van der Waals surface area contributed by atoms with Gasteiger partial charge in [-0.3, -0.25) is 33.8 Å². The largest absolute Gasteiger partial charge is 0.507 e. The molecule has 40 heavy (non-hydrogen) atoms. The van der Waals surface area contributed by atoms with Crippen molar-refractivity contribution in [2.24, 2.45) is 29.4 Å². The summed E-state index contributed by atoms with van der Waals surface area (Å²) in [6.07, 6.45) is 3.68. The zero-order valence-corrected chi connectivity index (χ0v) is 23.6. The molecule has 0 radical (unpaired) electrons. The lowest BCUT2D eigenvalue weighted by Gasteiger charge is -2.52. The highest BCUT2D eigenvalue weighted by Gasteiger charge is 2.69. The van der Waals surface area contributed by atoms with E-state index in [0.717, 1.165) is 24.1 Å². The monoisotopic (exact) mass is 554 g/mol. The van der Waals surface area contributed by atoms with Crippen LogP contribution >= 0.6 is 0 Å². The van der Waals surface area contributed by atoms with Crippen LogP contribution in [0.25, 0.3) is 0 Å². The number of primary amides is 1. The molecule has 0 spiro atoms. The molecule has 11 heteroatoms. The Balaban J connectivity index is 1.61. The van der Waals surface area contributed by atoms with Crippen molar-refractivity contribution in [1.82, 2.24) is 9.80 Å². The van der Waals surface area contributed by atoms with E-state index in [2.05, 4.69) is 4.90 Å². The Kier molecular flexibility index (Phi) is 6.91. The predicted molar refractivity (Wildman–Crippen MR) is 145 cm³/mol. The summed E-state index contributed by atoms with van der Waals surface area (Å²) in [6, 6.07) is 0.911. The van der Waals surface area contributed by atoms with Crippen molar-refractivity contribution in [3.05, 3.63) is 22.8 Å². The van der Waals surface area contributed by atoms with Gasteiger partial charge in [0.2, 0.25) is 5.91 Å². The summed E-state index contributed by atoms with van der Waals surface area (Å²) >= 11 is 0. The Morgan fingerprint density at radius 1 is 1.07 bits per heavy atom. The summed E-state index contributed by atoms with van der Waals surface area (Å²) < 4.78 is 0. The Labute approximate surface area is 233 Å². The number of carbonyl (C=O) groups excluding carboxylic acids is 5. The van der Waals surface area contributed by atoms with Gasteiger partial charge < -0.3 is 20.8 Å². The molecule has 1 amide bonds. The molecule has 0 saturated heterocycles. The number of ketones is 4. The molecule has 5 rings (SSSR count). The quantitative estimate of drug-likeness (QED) is 0.406. The highest BCUT2D eigenvalue weighted by atomic mass is 16.3. The molecule has 216 valence electrons. The molecule has 0 heterocycles. The van der Waals surface area contributed by atoms with Crippen LogP contribution in [0.4, 0.5) is 5.69 Å².